The van der Waals surface area contributed by atoms with Gasteiger partial charge in [-0.3, -0.25) is 4.79 Å². The lowest BCUT2D eigenvalue weighted by Gasteiger charge is -2.35. The number of hydrogen-bond donors (Lipinski definition) is 1. The molecule has 0 bridgehead atoms. The average Bonchev–Trinajstić information content (AvgIpc) is 3.40. The van der Waals surface area contributed by atoms with Gasteiger partial charge in [0.1, 0.15) is 0 Å². The Kier molecular flexibility index (Phi) is 10.6. The summed E-state index contributed by atoms with van der Waals surface area (Å²) >= 11 is 0. The molecule has 2 heterocycles. The van der Waals surface area contributed by atoms with Crippen LogP contribution in [0.1, 0.15) is 74.1 Å². The van der Waals surface area contributed by atoms with E-state index >= 15 is 0 Å². The Morgan fingerprint density at radius 1 is 1.27 bits per heavy atom. The number of esters is 1. The molecule has 1 N–H and O–H groups in total. The van der Waals surface area contributed by atoms with Crippen molar-refractivity contribution in [2.75, 3.05) is 13.7 Å². The van der Waals surface area contributed by atoms with Crippen molar-refractivity contribution in [1.29, 1.82) is 0 Å². The molecule has 33 heavy (non-hydrogen) atoms. The van der Waals surface area contributed by atoms with E-state index in [1.54, 1.807) is 14.0 Å². The maximum atomic E-state index is 11.8. The van der Waals surface area contributed by atoms with Crippen molar-refractivity contribution in [3.8, 4) is 0 Å². The van der Waals surface area contributed by atoms with Gasteiger partial charge < -0.3 is 24.1 Å². The van der Waals surface area contributed by atoms with Crippen LogP contribution in [0.3, 0.4) is 0 Å². The predicted molar refractivity (Wildman–Crippen MR) is 130 cm³/mol. The molecule has 0 aromatic rings. The number of rotatable bonds is 12. The summed E-state index contributed by atoms with van der Waals surface area (Å²) in [5.74, 6) is 0.727. The quantitative estimate of drug-likeness (QED) is 0.252. The van der Waals surface area contributed by atoms with Gasteiger partial charge in [0.2, 0.25) is 0 Å². The molecule has 0 saturated carbocycles. The van der Waals surface area contributed by atoms with Crippen molar-refractivity contribution in [3.63, 3.8) is 0 Å². The number of ether oxygens (including phenoxy) is 4. The summed E-state index contributed by atoms with van der Waals surface area (Å²) in [5, 5.41) is 9.96. The first kappa shape index (κ1) is 28.0. The van der Waals surface area contributed by atoms with Crippen molar-refractivity contribution in [2.24, 2.45) is 17.8 Å². The second-order valence-electron chi connectivity index (χ2n) is 10.4. The van der Waals surface area contributed by atoms with Crippen molar-refractivity contribution >= 4 is 5.97 Å². The van der Waals surface area contributed by atoms with E-state index in [4.69, 9.17) is 18.9 Å². The molecule has 0 amide bonds. The van der Waals surface area contributed by atoms with Gasteiger partial charge in [-0.2, -0.15) is 0 Å². The zero-order chi connectivity index (χ0) is 24.8. The van der Waals surface area contributed by atoms with Gasteiger partial charge in [-0.1, -0.05) is 39.0 Å². The molecule has 0 radical (unpaired) electrons. The van der Waals surface area contributed by atoms with Gasteiger partial charge in [0, 0.05) is 13.0 Å². The summed E-state index contributed by atoms with van der Waals surface area (Å²) in [6, 6.07) is 0. The topological polar surface area (TPSA) is 77.5 Å². The molecule has 0 aromatic carbocycles. The van der Waals surface area contributed by atoms with Gasteiger partial charge in [-0.05, 0) is 64.4 Å². The number of methoxy groups -OCH3 is 1. The molecule has 0 spiro atoms. The minimum Gasteiger partial charge on any atom is -0.466 e. The molecule has 2 aliphatic heterocycles. The molecular formula is C27H46O6. The van der Waals surface area contributed by atoms with Gasteiger partial charge in [0.15, 0.2) is 0 Å². The van der Waals surface area contributed by atoms with Crippen molar-refractivity contribution in [1.82, 2.24) is 0 Å². The van der Waals surface area contributed by atoms with Crippen LogP contribution in [0.15, 0.2) is 23.8 Å². The highest BCUT2D eigenvalue weighted by molar-refractivity contribution is 5.69. The third-order valence-corrected chi connectivity index (χ3v) is 7.16. The molecule has 2 aliphatic rings. The number of aliphatic hydroxyl groups excluding tert-OH is 1. The van der Waals surface area contributed by atoms with E-state index in [1.165, 1.54) is 5.57 Å². The van der Waals surface area contributed by atoms with Gasteiger partial charge in [-0.15, -0.1) is 0 Å². The van der Waals surface area contributed by atoms with E-state index < -0.39 is 6.10 Å². The molecule has 0 aromatic heterocycles. The first-order chi connectivity index (χ1) is 15.5. The molecule has 2 rings (SSSR count). The zero-order valence-corrected chi connectivity index (χ0v) is 21.9. The molecule has 2 saturated heterocycles. The van der Waals surface area contributed by atoms with E-state index in [-0.39, 0.29) is 41.9 Å². The Morgan fingerprint density at radius 2 is 1.97 bits per heavy atom. The number of carbonyl (C=O) groups excluding carboxylic acids is 1. The molecule has 190 valence electrons. The lowest BCUT2D eigenvalue weighted by Crippen LogP contribution is -2.36. The monoisotopic (exact) mass is 466 g/mol. The van der Waals surface area contributed by atoms with Crippen LogP contribution in [0.25, 0.3) is 0 Å². The lowest BCUT2D eigenvalue weighted by molar-refractivity contribution is -0.149. The van der Waals surface area contributed by atoms with E-state index in [0.717, 1.165) is 19.3 Å². The minimum absolute atomic E-state index is 0.0269. The Hall–Kier alpha value is -1.21. The van der Waals surface area contributed by atoms with Crippen LogP contribution < -0.4 is 0 Å². The molecule has 6 nitrogen and oxygen atoms in total. The van der Waals surface area contributed by atoms with Gasteiger partial charge in [0.25, 0.3) is 0 Å². The van der Waals surface area contributed by atoms with Crippen LogP contribution in [0.5, 0.6) is 0 Å². The molecular weight excluding hydrogens is 420 g/mol. The average molecular weight is 467 g/mol. The second kappa shape index (κ2) is 12.5. The summed E-state index contributed by atoms with van der Waals surface area (Å²) < 4.78 is 22.9. The number of epoxide rings is 1. The standard InChI is InChI=1S/C27H46O6/c1-9-31-23(29)15-22-14-13-19(4)24(32-22)18(3)12-10-11-17(2)16-27(7)26(33-27)20(5)25(30-8)21(6)28/h10-12,17,19-22,24-26,28H,9,13-16H2,1-8H3/b11-10+,18-12+/t17-,19+,20-,21-,22-,24-,25-,26-,27-/m1/s1. The third-order valence-electron chi connectivity index (χ3n) is 7.16. The van der Waals surface area contributed by atoms with Crippen molar-refractivity contribution in [2.45, 2.75) is 110 Å². The normalized spacial score (nSPS) is 34.0. The molecule has 6 heteroatoms. The summed E-state index contributed by atoms with van der Waals surface area (Å²) in [6.45, 7) is 14.7. The minimum atomic E-state index is -0.523. The van der Waals surface area contributed by atoms with E-state index in [2.05, 4.69) is 52.8 Å². The summed E-state index contributed by atoms with van der Waals surface area (Å²) in [4.78, 5) is 11.8. The zero-order valence-electron chi connectivity index (χ0n) is 21.9. The maximum Gasteiger partial charge on any atom is 0.308 e. The maximum absolute atomic E-state index is 11.8. The van der Waals surface area contributed by atoms with Gasteiger partial charge in [-0.25, -0.2) is 0 Å². The molecule has 0 aliphatic carbocycles. The second-order valence-corrected chi connectivity index (χ2v) is 10.4. The lowest BCUT2D eigenvalue weighted by atomic mass is 9.85. The van der Waals surface area contributed by atoms with Crippen LogP contribution in [0.4, 0.5) is 0 Å². The third kappa shape index (κ3) is 7.91. The van der Waals surface area contributed by atoms with Gasteiger partial charge in [0.05, 0.1) is 49.1 Å². The molecule has 0 unspecified atom stereocenters. The fraction of sp³-hybridized carbons (Fsp3) is 0.815. The number of aliphatic hydroxyl groups is 1. The van der Waals surface area contributed by atoms with Gasteiger partial charge >= 0.3 is 5.97 Å². The summed E-state index contributed by atoms with van der Waals surface area (Å²) in [6.07, 6.45) is 8.95. The smallest absolute Gasteiger partial charge is 0.308 e. The van der Waals surface area contributed by atoms with E-state index in [1.807, 2.05) is 6.92 Å². The Morgan fingerprint density at radius 3 is 2.58 bits per heavy atom. The van der Waals surface area contributed by atoms with Crippen LogP contribution >= 0.6 is 0 Å². The first-order valence-electron chi connectivity index (χ1n) is 12.6. The van der Waals surface area contributed by atoms with Crippen LogP contribution in [0.2, 0.25) is 0 Å². The predicted octanol–water partition coefficient (Wildman–Crippen LogP) is 4.84. The highest BCUT2D eigenvalue weighted by Crippen LogP contribution is 2.47. The van der Waals surface area contributed by atoms with E-state index in [9.17, 15) is 9.90 Å². The largest absolute Gasteiger partial charge is 0.466 e. The van der Waals surface area contributed by atoms with E-state index in [0.29, 0.717) is 24.9 Å². The Bertz CT molecular complexity index is 686. The van der Waals surface area contributed by atoms with Crippen molar-refractivity contribution < 1.29 is 28.8 Å². The van der Waals surface area contributed by atoms with Crippen molar-refractivity contribution in [3.05, 3.63) is 23.8 Å². The fourth-order valence-corrected chi connectivity index (χ4v) is 5.43. The number of allylic oxidation sites excluding steroid dienone is 3. The van der Waals surface area contributed by atoms with Crippen LogP contribution in [-0.4, -0.2) is 60.9 Å². The number of carbonyl (C=O) groups is 1. The first-order valence-corrected chi connectivity index (χ1v) is 12.6. The van der Waals surface area contributed by atoms with Crippen LogP contribution in [-0.2, 0) is 23.7 Å². The highest BCUT2D eigenvalue weighted by Gasteiger charge is 2.56. The Balaban J connectivity index is 1.88. The molecule has 2 fully saturated rings. The fourth-order valence-electron chi connectivity index (χ4n) is 5.43. The Labute approximate surface area is 200 Å². The summed E-state index contributed by atoms with van der Waals surface area (Å²) in [5.41, 5.74) is 0.995. The van der Waals surface area contributed by atoms with Crippen LogP contribution in [0, 0.1) is 17.8 Å². The highest BCUT2D eigenvalue weighted by atomic mass is 16.6. The number of hydrogen-bond acceptors (Lipinski definition) is 6. The molecule has 9 atom stereocenters. The summed E-state index contributed by atoms with van der Waals surface area (Å²) in [7, 11) is 1.64. The SMILES string of the molecule is CCOC(=O)C[C@H]1CC[C@H](C)[C@@H](/C(C)=C/C=C/[C@@H](C)C[C@@]2(C)O[C@@H]2[C@H](C)[C@@H](OC)[C@@H](C)O)O1.